The van der Waals surface area contributed by atoms with Crippen LogP contribution >= 0.6 is 7.75 Å². The number of methoxy groups -OCH3 is 1. The fraction of sp³-hybridized carbons (Fsp3) is 0.476. The summed E-state index contributed by atoms with van der Waals surface area (Å²) in [6.07, 6.45) is -0.264. The highest BCUT2D eigenvalue weighted by molar-refractivity contribution is 7.52. The number of nitrogens with zero attached hydrogens (tertiary/aromatic N) is 2. The molecule has 188 valence electrons. The predicted octanol–water partition coefficient (Wildman–Crippen LogP) is 1.51. The number of carbonyl (C=O) groups excluding carboxylic acids is 1. The van der Waals surface area contributed by atoms with Crippen molar-refractivity contribution in [1.82, 2.24) is 14.6 Å². The zero-order chi connectivity index (χ0) is 25.1. The average molecular weight is 498 g/mol. The summed E-state index contributed by atoms with van der Waals surface area (Å²) in [5.74, 6) is 0.345. The molecule has 4 N–H and O–H groups in total. The minimum Gasteiger partial charge on any atom is -0.413 e. The number of para-hydroxylation sites is 1. The Balaban J connectivity index is 0.000000739. The van der Waals surface area contributed by atoms with Gasteiger partial charge < -0.3 is 29.6 Å². The SMILES string of the molecule is COC(C)C.Nc1ccn(C2OC(COP(=O)(NCC=O)Oc3ccccc3)CC2O)c(=O)n1. The molecule has 34 heavy (non-hydrogen) atoms. The molecule has 0 radical (unpaired) electrons. The van der Waals surface area contributed by atoms with Crippen molar-refractivity contribution >= 4 is 19.9 Å². The van der Waals surface area contributed by atoms with Crippen LogP contribution in [-0.2, 0) is 23.4 Å². The van der Waals surface area contributed by atoms with Gasteiger partial charge in [0.2, 0.25) is 0 Å². The number of ether oxygens (including phenoxy) is 2. The standard InChI is InChI=1S/C17H21N4O7P.C4H10O/c18-15-6-8-21(17(24)20-15)16-14(23)10-13(27-16)11-26-29(25,19-7-9-22)28-12-4-2-1-3-5-12;1-4(2)5-3/h1-6,8-9,13-14,16,23H,7,10-11H2,(H,19,25)(H2,18,20,24);4H,1-3H3. The van der Waals surface area contributed by atoms with E-state index in [1.165, 1.54) is 12.3 Å². The third-order valence-electron chi connectivity index (χ3n) is 4.53. The van der Waals surface area contributed by atoms with Crippen LogP contribution in [0.5, 0.6) is 5.75 Å². The first kappa shape index (κ1) is 27.6. The van der Waals surface area contributed by atoms with E-state index in [-0.39, 0.29) is 25.4 Å². The van der Waals surface area contributed by atoms with Crippen LogP contribution < -0.4 is 21.0 Å². The molecular formula is C21H31N4O8P. The lowest BCUT2D eigenvalue weighted by Gasteiger charge is -2.21. The molecule has 1 aromatic heterocycles. The number of nitrogens with two attached hydrogens (primary N) is 1. The van der Waals surface area contributed by atoms with Crippen LogP contribution in [-0.4, -0.2) is 59.5 Å². The van der Waals surface area contributed by atoms with Crippen LogP contribution in [0.4, 0.5) is 5.82 Å². The number of carbonyl (C=O) groups is 1. The van der Waals surface area contributed by atoms with Gasteiger partial charge in [-0.15, -0.1) is 0 Å². The highest BCUT2D eigenvalue weighted by Crippen LogP contribution is 2.44. The second kappa shape index (κ2) is 13.3. The van der Waals surface area contributed by atoms with Gasteiger partial charge >= 0.3 is 13.4 Å². The molecule has 2 heterocycles. The second-order valence-electron chi connectivity index (χ2n) is 7.50. The number of aldehydes is 1. The number of hydrogen-bond donors (Lipinski definition) is 3. The van der Waals surface area contributed by atoms with Crippen molar-refractivity contribution in [3.05, 3.63) is 53.1 Å². The van der Waals surface area contributed by atoms with Gasteiger partial charge in [0.25, 0.3) is 0 Å². The summed E-state index contributed by atoms with van der Waals surface area (Å²) in [5, 5.41) is 12.7. The molecule has 0 amide bonds. The highest BCUT2D eigenvalue weighted by Gasteiger charge is 2.38. The number of benzene rings is 1. The van der Waals surface area contributed by atoms with Crippen LogP contribution in [0.3, 0.4) is 0 Å². The molecule has 0 aliphatic carbocycles. The van der Waals surface area contributed by atoms with Crippen molar-refractivity contribution in [3.63, 3.8) is 0 Å². The van der Waals surface area contributed by atoms with Crippen LogP contribution in [0.2, 0.25) is 0 Å². The zero-order valence-corrected chi connectivity index (χ0v) is 20.2. The fourth-order valence-corrected chi connectivity index (χ4v) is 4.03. The number of nitrogens with one attached hydrogen (secondary N) is 1. The Labute approximate surface area is 197 Å². The predicted molar refractivity (Wildman–Crippen MR) is 124 cm³/mol. The van der Waals surface area contributed by atoms with E-state index in [2.05, 4.69) is 10.1 Å². The summed E-state index contributed by atoms with van der Waals surface area (Å²) in [6, 6.07) is 9.74. The fourth-order valence-electron chi connectivity index (χ4n) is 2.76. The summed E-state index contributed by atoms with van der Waals surface area (Å²) < 4.78 is 35.2. The second-order valence-corrected chi connectivity index (χ2v) is 9.26. The normalized spacial score (nSPS) is 21.4. The van der Waals surface area contributed by atoms with Gasteiger partial charge in [-0.05, 0) is 32.0 Å². The van der Waals surface area contributed by atoms with Gasteiger partial charge in [-0.3, -0.25) is 9.09 Å². The summed E-state index contributed by atoms with van der Waals surface area (Å²) in [5.41, 5.74) is 4.80. The van der Waals surface area contributed by atoms with Gasteiger partial charge in [-0.1, -0.05) is 18.2 Å². The van der Waals surface area contributed by atoms with Crippen LogP contribution in [0, 0.1) is 0 Å². The maximum absolute atomic E-state index is 12.9. The van der Waals surface area contributed by atoms with Crippen molar-refractivity contribution in [2.24, 2.45) is 0 Å². The molecule has 1 saturated heterocycles. The first-order valence-electron chi connectivity index (χ1n) is 10.6. The number of nitrogen functional groups attached to an aromatic ring is 1. The number of aliphatic hydroxyl groups excluding tert-OH is 1. The number of hydrogen-bond acceptors (Lipinski definition) is 10. The van der Waals surface area contributed by atoms with Gasteiger partial charge in [0.15, 0.2) is 6.23 Å². The van der Waals surface area contributed by atoms with E-state index in [4.69, 9.17) is 24.3 Å². The lowest BCUT2D eigenvalue weighted by molar-refractivity contribution is -0.107. The van der Waals surface area contributed by atoms with Gasteiger partial charge in [0.05, 0.1) is 25.4 Å². The number of aromatic nitrogens is 2. The van der Waals surface area contributed by atoms with Gasteiger partial charge in [0.1, 0.15) is 24.0 Å². The van der Waals surface area contributed by atoms with Crippen molar-refractivity contribution in [2.75, 3.05) is 26.0 Å². The van der Waals surface area contributed by atoms with E-state index in [0.29, 0.717) is 18.1 Å². The molecular weight excluding hydrogens is 467 g/mol. The van der Waals surface area contributed by atoms with Gasteiger partial charge in [-0.25, -0.2) is 14.4 Å². The molecule has 0 spiro atoms. The first-order valence-corrected chi connectivity index (χ1v) is 12.1. The quantitative estimate of drug-likeness (QED) is 0.321. The zero-order valence-electron chi connectivity index (χ0n) is 19.3. The molecule has 1 fully saturated rings. The Morgan fingerprint density at radius 1 is 1.35 bits per heavy atom. The number of anilines is 1. The van der Waals surface area contributed by atoms with E-state index in [9.17, 15) is 19.3 Å². The maximum atomic E-state index is 12.9. The molecule has 1 aliphatic heterocycles. The summed E-state index contributed by atoms with van der Waals surface area (Å²) >= 11 is 0. The smallest absolute Gasteiger partial charge is 0.413 e. The summed E-state index contributed by atoms with van der Waals surface area (Å²) in [7, 11) is -2.18. The third kappa shape index (κ3) is 8.64. The molecule has 0 saturated carbocycles. The van der Waals surface area contributed by atoms with Gasteiger partial charge in [-0.2, -0.15) is 4.98 Å². The molecule has 12 nitrogen and oxygen atoms in total. The Morgan fingerprint density at radius 2 is 2.03 bits per heavy atom. The van der Waals surface area contributed by atoms with Crippen molar-refractivity contribution < 1.29 is 33.0 Å². The van der Waals surface area contributed by atoms with Crippen LogP contribution in [0.1, 0.15) is 26.5 Å². The van der Waals surface area contributed by atoms with Crippen molar-refractivity contribution in [2.45, 2.75) is 44.8 Å². The summed E-state index contributed by atoms with van der Waals surface area (Å²) in [4.78, 5) is 26.2. The largest absolute Gasteiger partial charge is 0.459 e. The van der Waals surface area contributed by atoms with Gasteiger partial charge in [0, 0.05) is 19.7 Å². The van der Waals surface area contributed by atoms with E-state index >= 15 is 0 Å². The minimum absolute atomic E-state index is 0.0545. The van der Waals surface area contributed by atoms with Crippen molar-refractivity contribution in [3.8, 4) is 5.75 Å². The molecule has 1 aliphatic rings. The third-order valence-corrected chi connectivity index (χ3v) is 6.04. The van der Waals surface area contributed by atoms with Crippen LogP contribution in [0.15, 0.2) is 47.4 Å². The molecule has 13 heteroatoms. The Morgan fingerprint density at radius 3 is 2.62 bits per heavy atom. The maximum Gasteiger partial charge on any atom is 0.459 e. The molecule has 4 unspecified atom stereocenters. The molecule has 3 rings (SSSR count). The Hall–Kier alpha value is -2.60. The monoisotopic (exact) mass is 498 g/mol. The van der Waals surface area contributed by atoms with E-state index in [1.807, 2.05) is 13.8 Å². The highest BCUT2D eigenvalue weighted by atomic mass is 31.2. The molecule has 4 atom stereocenters. The lowest BCUT2D eigenvalue weighted by atomic mass is 10.2. The average Bonchev–Trinajstić information content (AvgIpc) is 3.18. The Kier molecular flexibility index (Phi) is 10.8. The van der Waals surface area contributed by atoms with Crippen molar-refractivity contribution in [1.29, 1.82) is 0 Å². The Bertz CT molecular complexity index is 1000. The van der Waals surface area contributed by atoms with E-state index in [1.54, 1.807) is 37.4 Å². The molecule has 0 bridgehead atoms. The van der Waals surface area contributed by atoms with E-state index < -0.39 is 31.9 Å². The van der Waals surface area contributed by atoms with Crippen LogP contribution in [0.25, 0.3) is 0 Å². The van der Waals surface area contributed by atoms with E-state index in [0.717, 1.165) is 4.57 Å². The minimum atomic E-state index is -3.88. The molecule has 1 aromatic carbocycles. The number of aliphatic hydroxyl groups is 1. The lowest BCUT2D eigenvalue weighted by Crippen LogP contribution is -2.32. The first-order chi connectivity index (χ1) is 16.2. The molecule has 2 aromatic rings. The topological polar surface area (TPSA) is 164 Å². The number of rotatable bonds is 10. The summed E-state index contributed by atoms with van der Waals surface area (Å²) in [6.45, 7) is 3.55.